The van der Waals surface area contributed by atoms with Crippen LogP contribution in [-0.2, 0) is 12.7 Å². The molecule has 12 heteroatoms. The lowest BCUT2D eigenvalue weighted by Crippen LogP contribution is -2.29. The number of pyridine rings is 1. The van der Waals surface area contributed by atoms with E-state index < -0.39 is 41.7 Å². The van der Waals surface area contributed by atoms with Crippen LogP contribution in [0.15, 0.2) is 30.3 Å². The number of nitrogens with zero attached hydrogens (tertiary/aromatic N) is 2. The van der Waals surface area contributed by atoms with Crippen LogP contribution >= 0.6 is 12.4 Å². The molecule has 4 N–H and O–H groups in total. The van der Waals surface area contributed by atoms with Crippen LogP contribution < -0.4 is 10.5 Å². The molecular formula is C18H18ClF4N3O4. The summed E-state index contributed by atoms with van der Waals surface area (Å²) in [5.74, 6) is -1.86. The first-order chi connectivity index (χ1) is 13.6. The van der Waals surface area contributed by atoms with E-state index in [0.717, 1.165) is 23.1 Å². The predicted molar refractivity (Wildman–Crippen MR) is 99.4 cm³/mol. The smallest absolute Gasteiger partial charge is 0.433 e. The van der Waals surface area contributed by atoms with Crippen LogP contribution in [0, 0.1) is 0 Å². The SMILES string of the molecule is Cl.NCc1cc(Oc2cc(C(=O)N3C[C@H](O)[C@@H](F)C3)ccc2O)nc(C(F)(F)F)c1. The van der Waals surface area contributed by atoms with Crippen LogP contribution in [0.5, 0.6) is 17.4 Å². The van der Waals surface area contributed by atoms with Crippen LogP contribution in [-0.4, -0.2) is 51.4 Å². The minimum absolute atomic E-state index is 0. The number of ether oxygens (including phenoxy) is 1. The molecule has 2 heterocycles. The van der Waals surface area contributed by atoms with Gasteiger partial charge in [0.05, 0.1) is 6.54 Å². The van der Waals surface area contributed by atoms with Gasteiger partial charge in [0, 0.05) is 24.7 Å². The van der Waals surface area contributed by atoms with Crippen molar-refractivity contribution in [2.45, 2.75) is 25.0 Å². The number of amides is 1. The molecule has 0 spiro atoms. The second-order valence-electron chi connectivity index (χ2n) is 6.48. The number of aromatic nitrogens is 1. The number of hydrogen-bond donors (Lipinski definition) is 3. The predicted octanol–water partition coefficient (Wildman–Crippen LogP) is 2.63. The maximum atomic E-state index is 13.5. The van der Waals surface area contributed by atoms with Gasteiger partial charge in [-0.15, -0.1) is 12.4 Å². The van der Waals surface area contributed by atoms with Crippen molar-refractivity contribution in [2.24, 2.45) is 5.73 Å². The van der Waals surface area contributed by atoms with Crippen LogP contribution in [0.2, 0.25) is 0 Å². The Hall–Kier alpha value is -2.63. The quantitative estimate of drug-likeness (QED) is 0.617. The van der Waals surface area contributed by atoms with E-state index in [1.165, 1.54) is 12.1 Å². The van der Waals surface area contributed by atoms with Gasteiger partial charge >= 0.3 is 6.18 Å². The second-order valence-corrected chi connectivity index (χ2v) is 6.48. The van der Waals surface area contributed by atoms with Crippen molar-refractivity contribution < 1.29 is 37.3 Å². The van der Waals surface area contributed by atoms with Gasteiger partial charge in [0.25, 0.3) is 5.91 Å². The lowest BCUT2D eigenvalue weighted by Gasteiger charge is -2.16. The molecule has 1 aliphatic rings. The third-order valence-corrected chi connectivity index (χ3v) is 4.32. The Labute approximate surface area is 174 Å². The number of carbonyl (C=O) groups excluding carboxylic acids is 1. The molecule has 30 heavy (non-hydrogen) atoms. The Balaban J connectivity index is 0.00000320. The summed E-state index contributed by atoms with van der Waals surface area (Å²) in [5, 5.41) is 19.4. The maximum absolute atomic E-state index is 13.5. The monoisotopic (exact) mass is 451 g/mol. The first-order valence-electron chi connectivity index (χ1n) is 8.49. The largest absolute Gasteiger partial charge is 0.504 e. The van der Waals surface area contributed by atoms with Gasteiger partial charge in [-0.25, -0.2) is 9.37 Å². The van der Waals surface area contributed by atoms with Crippen molar-refractivity contribution in [1.82, 2.24) is 9.88 Å². The van der Waals surface area contributed by atoms with Gasteiger partial charge in [-0.05, 0) is 29.8 Å². The van der Waals surface area contributed by atoms with Crippen molar-refractivity contribution in [3.63, 3.8) is 0 Å². The molecule has 1 aromatic heterocycles. The minimum Gasteiger partial charge on any atom is -0.504 e. The first-order valence-corrected chi connectivity index (χ1v) is 8.49. The Morgan fingerprint density at radius 2 is 1.97 bits per heavy atom. The van der Waals surface area contributed by atoms with Crippen LogP contribution in [0.4, 0.5) is 17.6 Å². The van der Waals surface area contributed by atoms with Crippen LogP contribution in [0.25, 0.3) is 0 Å². The zero-order valence-corrected chi connectivity index (χ0v) is 16.1. The van der Waals surface area contributed by atoms with E-state index in [9.17, 15) is 32.6 Å². The van der Waals surface area contributed by atoms with Gasteiger partial charge in [0.2, 0.25) is 5.88 Å². The number of likely N-dealkylation sites (tertiary alicyclic amines) is 1. The molecule has 0 saturated carbocycles. The average molecular weight is 452 g/mol. The van der Waals surface area contributed by atoms with Crippen molar-refractivity contribution in [2.75, 3.05) is 13.1 Å². The number of aliphatic hydroxyl groups is 1. The highest BCUT2D eigenvalue weighted by molar-refractivity contribution is 5.95. The molecule has 7 nitrogen and oxygen atoms in total. The van der Waals surface area contributed by atoms with Crippen molar-refractivity contribution in [3.05, 3.63) is 47.2 Å². The maximum Gasteiger partial charge on any atom is 0.433 e. The topological polar surface area (TPSA) is 109 Å². The second kappa shape index (κ2) is 9.02. The van der Waals surface area contributed by atoms with E-state index in [2.05, 4.69) is 4.98 Å². The number of halogens is 5. The molecule has 0 unspecified atom stereocenters. The highest BCUT2D eigenvalue weighted by atomic mass is 35.5. The molecule has 0 bridgehead atoms. The molecule has 1 aromatic carbocycles. The van der Waals surface area contributed by atoms with Gasteiger partial charge in [-0.2, -0.15) is 13.2 Å². The fourth-order valence-electron chi connectivity index (χ4n) is 2.81. The zero-order valence-electron chi connectivity index (χ0n) is 15.3. The summed E-state index contributed by atoms with van der Waals surface area (Å²) in [6, 6.07) is 5.40. The summed E-state index contributed by atoms with van der Waals surface area (Å²) in [7, 11) is 0. The Bertz CT molecular complexity index is 919. The number of phenolic OH excluding ortho intramolecular Hbond substituents is 1. The lowest BCUT2D eigenvalue weighted by atomic mass is 10.1. The first kappa shape index (κ1) is 23.6. The number of benzene rings is 1. The van der Waals surface area contributed by atoms with Gasteiger partial charge in [-0.3, -0.25) is 4.79 Å². The molecular weight excluding hydrogens is 434 g/mol. The molecule has 3 rings (SSSR count). The lowest BCUT2D eigenvalue weighted by molar-refractivity contribution is -0.141. The Kier molecular flexibility index (Phi) is 7.11. The summed E-state index contributed by atoms with van der Waals surface area (Å²) in [6.07, 6.45) is -7.60. The summed E-state index contributed by atoms with van der Waals surface area (Å²) >= 11 is 0. The Morgan fingerprint density at radius 3 is 2.53 bits per heavy atom. The Morgan fingerprint density at radius 1 is 1.27 bits per heavy atom. The molecule has 1 aliphatic heterocycles. The summed E-state index contributed by atoms with van der Waals surface area (Å²) < 4.78 is 57.7. The van der Waals surface area contributed by atoms with Crippen molar-refractivity contribution in [3.8, 4) is 17.4 Å². The molecule has 2 atom stereocenters. The van der Waals surface area contributed by atoms with E-state index in [1.807, 2.05) is 0 Å². The van der Waals surface area contributed by atoms with E-state index >= 15 is 0 Å². The fourth-order valence-corrected chi connectivity index (χ4v) is 2.81. The van der Waals surface area contributed by atoms with Crippen LogP contribution in [0.1, 0.15) is 21.6 Å². The molecule has 1 fully saturated rings. The normalized spacial score (nSPS) is 18.8. The molecule has 0 aliphatic carbocycles. The fraction of sp³-hybridized carbons (Fsp3) is 0.333. The van der Waals surface area contributed by atoms with Gasteiger partial charge in [-0.1, -0.05) is 0 Å². The number of carbonyl (C=O) groups is 1. The number of alkyl halides is 4. The number of aliphatic hydroxyl groups excluding tert-OH is 1. The van der Waals surface area contributed by atoms with E-state index in [0.29, 0.717) is 0 Å². The standard InChI is InChI=1S/C18H17F4N3O4.ClH/c19-11-7-25(8-13(11)27)17(28)10-1-2-12(26)14(5-10)29-16-4-9(6-23)3-15(24-16)18(20,21)22;/h1-5,11,13,26-27H,6-8,23H2;1H/t11-,13-;/m0./s1. The highest BCUT2D eigenvalue weighted by Gasteiger charge is 2.35. The third kappa shape index (κ3) is 5.10. The summed E-state index contributed by atoms with van der Waals surface area (Å²) in [5.41, 5.74) is 4.29. The van der Waals surface area contributed by atoms with Gasteiger partial charge < -0.3 is 25.6 Å². The number of aromatic hydroxyl groups is 1. The van der Waals surface area contributed by atoms with Crippen LogP contribution in [0.3, 0.4) is 0 Å². The third-order valence-electron chi connectivity index (χ3n) is 4.32. The number of phenols is 1. The minimum atomic E-state index is -4.73. The molecule has 1 amide bonds. The number of β-amino-alcohol motifs (C(OH)–C–C–N with tert-alkyl or cyclic N) is 1. The number of hydrogen-bond acceptors (Lipinski definition) is 6. The van der Waals surface area contributed by atoms with E-state index in [4.69, 9.17) is 10.5 Å². The molecule has 2 aromatic rings. The highest BCUT2D eigenvalue weighted by Crippen LogP contribution is 2.34. The molecule has 1 saturated heterocycles. The average Bonchev–Trinajstić information content (AvgIpc) is 3.00. The van der Waals surface area contributed by atoms with Crippen molar-refractivity contribution in [1.29, 1.82) is 0 Å². The summed E-state index contributed by atoms with van der Waals surface area (Å²) in [6.45, 7) is -0.702. The van der Waals surface area contributed by atoms with E-state index in [-0.39, 0.29) is 48.9 Å². The number of nitrogens with two attached hydrogens (primary N) is 1. The van der Waals surface area contributed by atoms with Gasteiger partial charge in [0.1, 0.15) is 18.0 Å². The molecule has 0 radical (unpaired) electrons. The summed E-state index contributed by atoms with van der Waals surface area (Å²) in [4.78, 5) is 16.9. The zero-order chi connectivity index (χ0) is 21.3. The van der Waals surface area contributed by atoms with Gasteiger partial charge in [0.15, 0.2) is 11.5 Å². The number of rotatable bonds is 4. The van der Waals surface area contributed by atoms with E-state index in [1.54, 1.807) is 0 Å². The molecule has 164 valence electrons. The van der Waals surface area contributed by atoms with Crippen molar-refractivity contribution >= 4 is 18.3 Å².